The summed E-state index contributed by atoms with van der Waals surface area (Å²) in [6.45, 7) is 2.12. The van der Waals surface area contributed by atoms with Gasteiger partial charge in [0.05, 0.1) is 11.1 Å². The first-order valence-electron chi connectivity index (χ1n) is 5.03. The normalized spacial score (nSPS) is 15.6. The maximum atomic E-state index is 5.76. The summed E-state index contributed by atoms with van der Waals surface area (Å²) in [6.07, 6.45) is 5.89. The van der Waals surface area contributed by atoms with Gasteiger partial charge in [0.1, 0.15) is 5.75 Å². The van der Waals surface area contributed by atoms with E-state index in [9.17, 15) is 0 Å². The van der Waals surface area contributed by atoms with Crippen molar-refractivity contribution in [2.45, 2.75) is 37.3 Å². The lowest BCUT2D eigenvalue weighted by atomic mass is 10.3. The van der Waals surface area contributed by atoms with Crippen LogP contribution in [0.4, 0.5) is 0 Å². The highest BCUT2D eigenvalue weighted by Gasteiger charge is 2.23. The quantitative estimate of drug-likeness (QED) is 0.712. The lowest BCUT2D eigenvalue weighted by Crippen LogP contribution is -1.98. The molecular weight excluding hydrogens is 194 g/mol. The Bertz CT molecular complexity index is 301. The maximum Gasteiger partial charge on any atom is 0.124 e. The molecule has 0 bridgehead atoms. The van der Waals surface area contributed by atoms with E-state index in [4.69, 9.17) is 4.74 Å². The van der Waals surface area contributed by atoms with Gasteiger partial charge in [0.25, 0.3) is 0 Å². The van der Waals surface area contributed by atoms with Crippen LogP contribution < -0.4 is 4.74 Å². The summed E-state index contributed by atoms with van der Waals surface area (Å²) in [7, 11) is 0. The predicted molar refractivity (Wildman–Crippen MR) is 59.0 cm³/mol. The van der Waals surface area contributed by atoms with Crippen LogP contribution in [0.15, 0.2) is 17.2 Å². The monoisotopic (exact) mass is 209 g/mol. The molecule has 0 amide bonds. The van der Waals surface area contributed by atoms with Crippen molar-refractivity contribution >= 4 is 11.8 Å². The summed E-state index contributed by atoms with van der Waals surface area (Å²) in [4.78, 5) is 4.48. The van der Waals surface area contributed by atoms with Gasteiger partial charge >= 0.3 is 0 Å². The molecule has 3 heteroatoms. The van der Waals surface area contributed by atoms with Gasteiger partial charge in [-0.05, 0) is 25.5 Å². The zero-order valence-electron chi connectivity index (χ0n) is 8.62. The fourth-order valence-electron chi connectivity index (χ4n) is 1.27. The second kappa shape index (κ2) is 4.22. The van der Waals surface area contributed by atoms with Crippen LogP contribution in [0.1, 0.15) is 25.5 Å². The van der Waals surface area contributed by atoms with E-state index in [0.29, 0.717) is 6.10 Å². The number of hydrogen-bond acceptors (Lipinski definition) is 3. The van der Waals surface area contributed by atoms with Crippen molar-refractivity contribution in [3.8, 4) is 5.75 Å². The second-order valence-electron chi connectivity index (χ2n) is 3.51. The van der Waals surface area contributed by atoms with E-state index < -0.39 is 0 Å². The molecule has 0 atom stereocenters. The molecule has 1 aliphatic rings. The molecule has 0 aliphatic heterocycles. The molecule has 0 saturated heterocycles. The van der Waals surface area contributed by atoms with E-state index >= 15 is 0 Å². The largest absolute Gasteiger partial charge is 0.490 e. The van der Waals surface area contributed by atoms with Crippen LogP contribution in [-0.4, -0.2) is 17.3 Å². The van der Waals surface area contributed by atoms with Crippen molar-refractivity contribution in [3.05, 3.63) is 17.8 Å². The Kier molecular flexibility index (Phi) is 2.96. The number of thioether (sulfide) groups is 1. The highest BCUT2D eigenvalue weighted by molar-refractivity contribution is 7.98. The summed E-state index contributed by atoms with van der Waals surface area (Å²) in [6, 6.07) is 4.08. The third kappa shape index (κ3) is 2.41. The van der Waals surface area contributed by atoms with Crippen LogP contribution in [-0.2, 0) is 6.42 Å². The highest BCUT2D eigenvalue weighted by Crippen LogP contribution is 2.29. The minimum atomic E-state index is 0.469. The predicted octanol–water partition coefficient (Wildman–Crippen LogP) is 2.91. The van der Waals surface area contributed by atoms with Gasteiger partial charge in [0.15, 0.2) is 0 Å². The number of rotatable bonds is 4. The molecule has 0 unspecified atom stereocenters. The summed E-state index contributed by atoms with van der Waals surface area (Å²) in [5.74, 6) is 0.990. The molecule has 0 aromatic carbocycles. The maximum absolute atomic E-state index is 5.76. The third-order valence-corrected chi connectivity index (χ3v) is 2.85. The molecule has 0 N–H and O–H groups in total. The molecule has 76 valence electrons. The molecule has 1 saturated carbocycles. The van der Waals surface area contributed by atoms with Crippen LogP contribution >= 0.6 is 11.8 Å². The molecule has 1 heterocycles. The smallest absolute Gasteiger partial charge is 0.124 e. The van der Waals surface area contributed by atoms with Gasteiger partial charge in [0, 0.05) is 17.8 Å². The van der Waals surface area contributed by atoms with Crippen molar-refractivity contribution in [3.63, 3.8) is 0 Å². The Labute approximate surface area is 89.1 Å². The first-order chi connectivity index (χ1) is 6.81. The molecule has 1 fully saturated rings. The van der Waals surface area contributed by atoms with E-state index in [1.807, 2.05) is 12.3 Å². The summed E-state index contributed by atoms with van der Waals surface area (Å²) in [5.41, 5.74) is 1.12. The lowest BCUT2D eigenvalue weighted by molar-refractivity contribution is 0.301. The molecule has 1 aliphatic carbocycles. The molecule has 14 heavy (non-hydrogen) atoms. The second-order valence-corrected chi connectivity index (χ2v) is 4.33. The zero-order chi connectivity index (χ0) is 9.97. The Morgan fingerprint density at radius 1 is 1.50 bits per heavy atom. The number of aryl methyl sites for hydroxylation is 1. The van der Waals surface area contributed by atoms with Crippen LogP contribution in [0.5, 0.6) is 5.75 Å². The van der Waals surface area contributed by atoms with E-state index in [1.54, 1.807) is 11.8 Å². The Hall–Kier alpha value is -0.700. The number of hydrogen-bond donors (Lipinski definition) is 0. The Morgan fingerprint density at radius 2 is 2.29 bits per heavy atom. The van der Waals surface area contributed by atoms with Gasteiger partial charge in [-0.25, -0.2) is 4.98 Å². The van der Waals surface area contributed by atoms with Crippen LogP contribution in [0, 0.1) is 0 Å². The van der Waals surface area contributed by atoms with Gasteiger partial charge in [-0.1, -0.05) is 6.92 Å². The minimum absolute atomic E-state index is 0.469. The van der Waals surface area contributed by atoms with Gasteiger partial charge in [-0.15, -0.1) is 11.8 Å². The third-order valence-electron chi connectivity index (χ3n) is 2.23. The van der Waals surface area contributed by atoms with Crippen LogP contribution in [0.3, 0.4) is 0 Å². The van der Waals surface area contributed by atoms with Gasteiger partial charge < -0.3 is 4.74 Å². The summed E-state index contributed by atoms with van der Waals surface area (Å²) >= 11 is 1.67. The molecular formula is C11H15NOS. The molecule has 2 rings (SSSR count). The number of ether oxygens (including phenoxy) is 1. The van der Waals surface area contributed by atoms with E-state index in [2.05, 4.69) is 18.0 Å². The van der Waals surface area contributed by atoms with Gasteiger partial charge in [-0.2, -0.15) is 0 Å². The first kappa shape index (κ1) is 9.84. The Balaban J connectivity index is 2.19. The molecule has 0 radical (unpaired) electrons. The fraction of sp³-hybridized carbons (Fsp3) is 0.545. The lowest BCUT2D eigenvalue weighted by Gasteiger charge is -2.07. The highest BCUT2D eigenvalue weighted by atomic mass is 32.2. The van der Waals surface area contributed by atoms with Gasteiger partial charge in [0.2, 0.25) is 0 Å². The molecule has 1 aromatic heterocycles. The first-order valence-corrected chi connectivity index (χ1v) is 6.26. The average Bonchev–Trinajstić information content (AvgIpc) is 3.01. The van der Waals surface area contributed by atoms with Crippen molar-refractivity contribution in [2.24, 2.45) is 0 Å². The van der Waals surface area contributed by atoms with Crippen LogP contribution in [0.2, 0.25) is 0 Å². The zero-order valence-corrected chi connectivity index (χ0v) is 9.43. The molecule has 2 nitrogen and oxygen atoms in total. The summed E-state index contributed by atoms with van der Waals surface area (Å²) < 4.78 is 5.76. The van der Waals surface area contributed by atoms with Crippen molar-refractivity contribution in [1.29, 1.82) is 0 Å². The SMILES string of the molecule is CCc1cc(OC2CC2)cc(SC)n1. The topological polar surface area (TPSA) is 22.1 Å². The number of nitrogens with zero attached hydrogens (tertiary/aromatic N) is 1. The Morgan fingerprint density at radius 3 is 2.86 bits per heavy atom. The van der Waals surface area contributed by atoms with Crippen molar-refractivity contribution in [1.82, 2.24) is 4.98 Å². The molecule has 0 spiro atoms. The standard InChI is InChI=1S/C11H15NOS/c1-3-8-6-10(13-9-4-5-9)7-11(12-8)14-2/h6-7,9H,3-5H2,1-2H3. The molecule has 1 aromatic rings. The summed E-state index contributed by atoms with van der Waals surface area (Å²) in [5, 5.41) is 1.06. The van der Waals surface area contributed by atoms with Gasteiger partial charge in [-0.3, -0.25) is 0 Å². The van der Waals surface area contributed by atoms with Crippen molar-refractivity contribution in [2.75, 3.05) is 6.26 Å². The van der Waals surface area contributed by atoms with Crippen LogP contribution in [0.25, 0.3) is 0 Å². The minimum Gasteiger partial charge on any atom is -0.490 e. The average molecular weight is 209 g/mol. The van der Waals surface area contributed by atoms with E-state index in [0.717, 1.165) is 22.9 Å². The van der Waals surface area contributed by atoms with E-state index in [-0.39, 0.29) is 0 Å². The number of pyridine rings is 1. The number of aromatic nitrogens is 1. The van der Waals surface area contributed by atoms with Crippen molar-refractivity contribution < 1.29 is 4.74 Å². The van der Waals surface area contributed by atoms with E-state index in [1.165, 1.54) is 12.8 Å². The fourth-order valence-corrected chi connectivity index (χ4v) is 1.71.